The van der Waals surface area contributed by atoms with E-state index in [1.165, 1.54) is 10.6 Å². The van der Waals surface area contributed by atoms with E-state index in [2.05, 4.69) is 15.0 Å². The van der Waals surface area contributed by atoms with Gasteiger partial charge >= 0.3 is 11.8 Å². The number of hydrogen-bond donors (Lipinski definition) is 0. The lowest BCUT2D eigenvalue weighted by atomic mass is 10.0. The highest BCUT2D eigenvalue weighted by atomic mass is 19.2. The monoisotopic (exact) mass is 633 g/mol. The second-order valence-electron chi connectivity index (χ2n) is 12.6. The van der Waals surface area contributed by atoms with E-state index in [1.807, 2.05) is 31.7 Å². The molecule has 10 nitrogen and oxygen atoms in total. The first-order chi connectivity index (χ1) is 21.6. The van der Waals surface area contributed by atoms with Gasteiger partial charge < -0.3 is 14.5 Å². The lowest BCUT2D eigenvalue weighted by molar-refractivity contribution is 0.0218. The molecular formula is C33H34F3N7O3. The summed E-state index contributed by atoms with van der Waals surface area (Å²) in [5.41, 5.74) is -0.548. The highest BCUT2D eigenvalue weighted by Crippen LogP contribution is 2.35. The SMILES string of the molecule is Cc1ccnc(C(C)C)c1-n1c(=O)nc(N2CCN(C(=O)OC(C)(C)C)C[C@@H]2C)c2cc(C#N)c(-c3ccc(F)c(F)c3F)nc21. The number of carbonyl (C=O) groups excluding carboxylic acids is 1. The number of anilines is 1. The quantitative estimate of drug-likeness (QED) is 0.251. The minimum absolute atomic E-state index is 0.0212. The number of carbonyl (C=O) groups is 1. The molecule has 0 spiro atoms. The van der Waals surface area contributed by atoms with Crippen molar-refractivity contribution in [2.24, 2.45) is 0 Å². The van der Waals surface area contributed by atoms with Crippen molar-refractivity contribution in [2.75, 3.05) is 24.5 Å². The number of aromatic nitrogens is 4. The Morgan fingerprint density at radius 1 is 1.11 bits per heavy atom. The van der Waals surface area contributed by atoms with Crippen LogP contribution in [-0.2, 0) is 4.74 Å². The Kier molecular flexibility index (Phi) is 8.51. The molecule has 1 aromatic carbocycles. The minimum Gasteiger partial charge on any atom is -0.444 e. The highest BCUT2D eigenvalue weighted by Gasteiger charge is 2.33. The highest BCUT2D eigenvalue weighted by molar-refractivity contribution is 5.92. The van der Waals surface area contributed by atoms with Crippen LogP contribution >= 0.6 is 0 Å². The molecular weight excluding hydrogens is 599 g/mol. The maximum absolute atomic E-state index is 15.1. The molecule has 4 heterocycles. The minimum atomic E-state index is -1.71. The summed E-state index contributed by atoms with van der Waals surface area (Å²) in [6, 6.07) is 6.54. The number of fused-ring (bicyclic) bond motifs is 1. The number of ether oxygens (including phenoxy) is 1. The van der Waals surface area contributed by atoms with Gasteiger partial charge in [0.15, 0.2) is 23.1 Å². The summed E-state index contributed by atoms with van der Waals surface area (Å²) < 4.78 is 50.2. The molecule has 0 saturated carbocycles. The van der Waals surface area contributed by atoms with Gasteiger partial charge in [0, 0.05) is 37.4 Å². The van der Waals surface area contributed by atoms with Crippen LogP contribution in [-0.4, -0.2) is 61.8 Å². The van der Waals surface area contributed by atoms with Gasteiger partial charge in [0.25, 0.3) is 0 Å². The average molecular weight is 634 g/mol. The van der Waals surface area contributed by atoms with Gasteiger partial charge in [-0.05, 0) is 70.4 Å². The number of halogens is 3. The number of rotatable bonds is 4. The van der Waals surface area contributed by atoms with Crippen LogP contribution in [0.4, 0.5) is 23.8 Å². The Bertz CT molecular complexity index is 1960. The number of nitrogens with zero attached hydrogens (tertiary/aromatic N) is 7. The van der Waals surface area contributed by atoms with Crippen molar-refractivity contribution in [2.45, 2.75) is 66.0 Å². The van der Waals surface area contributed by atoms with Crippen LogP contribution in [0.1, 0.15) is 64.3 Å². The smallest absolute Gasteiger partial charge is 0.410 e. The predicted octanol–water partition coefficient (Wildman–Crippen LogP) is 6.01. The second-order valence-corrected chi connectivity index (χ2v) is 12.6. The van der Waals surface area contributed by atoms with Gasteiger partial charge in [0.2, 0.25) is 0 Å². The molecule has 1 amide bonds. The number of aryl methyl sites for hydroxylation is 1. The number of piperazine rings is 1. The Morgan fingerprint density at radius 3 is 2.46 bits per heavy atom. The molecule has 1 saturated heterocycles. The second kappa shape index (κ2) is 12.1. The Hall–Kier alpha value is -4.99. The summed E-state index contributed by atoms with van der Waals surface area (Å²) in [4.78, 5) is 43.9. The van der Waals surface area contributed by atoms with Crippen molar-refractivity contribution in [1.82, 2.24) is 24.4 Å². The van der Waals surface area contributed by atoms with E-state index in [-0.39, 0.29) is 54.3 Å². The third kappa shape index (κ3) is 5.87. The van der Waals surface area contributed by atoms with Gasteiger partial charge in [-0.1, -0.05) is 13.8 Å². The molecule has 3 aromatic heterocycles. The van der Waals surface area contributed by atoms with Crippen molar-refractivity contribution < 1.29 is 22.7 Å². The first-order valence-corrected chi connectivity index (χ1v) is 14.8. The lowest BCUT2D eigenvalue weighted by Gasteiger charge is -2.41. The number of hydrogen-bond acceptors (Lipinski definition) is 8. The van der Waals surface area contributed by atoms with E-state index < -0.39 is 40.4 Å². The van der Waals surface area contributed by atoms with Gasteiger partial charge in [0.05, 0.1) is 28.0 Å². The molecule has 1 aliphatic rings. The predicted molar refractivity (Wildman–Crippen MR) is 166 cm³/mol. The van der Waals surface area contributed by atoms with Gasteiger partial charge in [-0.2, -0.15) is 10.2 Å². The fourth-order valence-corrected chi connectivity index (χ4v) is 5.60. The van der Waals surface area contributed by atoms with E-state index in [4.69, 9.17) is 4.74 Å². The zero-order chi connectivity index (χ0) is 33.7. The first kappa shape index (κ1) is 32.4. The fourth-order valence-electron chi connectivity index (χ4n) is 5.60. The van der Waals surface area contributed by atoms with Gasteiger partial charge in [-0.3, -0.25) is 4.98 Å². The zero-order valence-electron chi connectivity index (χ0n) is 26.7. The largest absolute Gasteiger partial charge is 0.444 e. The summed E-state index contributed by atoms with van der Waals surface area (Å²) in [6.45, 7) is 13.6. The third-order valence-corrected chi connectivity index (χ3v) is 7.73. The Morgan fingerprint density at radius 2 is 1.83 bits per heavy atom. The molecule has 0 bridgehead atoms. The van der Waals surface area contributed by atoms with Crippen molar-refractivity contribution in [3.05, 3.63) is 75.2 Å². The summed E-state index contributed by atoms with van der Waals surface area (Å²) >= 11 is 0. The number of nitriles is 1. The first-order valence-electron chi connectivity index (χ1n) is 14.8. The summed E-state index contributed by atoms with van der Waals surface area (Å²) in [6.07, 6.45) is 1.16. The fraction of sp³-hybridized carbons (Fsp3) is 0.394. The molecule has 240 valence electrons. The van der Waals surface area contributed by atoms with Crippen LogP contribution < -0.4 is 10.6 Å². The number of benzene rings is 1. The normalized spacial score (nSPS) is 15.4. The maximum atomic E-state index is 15.1. The molecule has 13 heteroatoms. The standard InChI is InChI=1S/C33H34F3N7O3/c1-17(2)26-28(18(3)10-11-38-26)43-30-22(14-20(15-37)27(39-30)21-8-9-23(34)25(36)24(21)35)29(40-31(43)44)42-13-12-41(16-19(42)4)32(45)46-33(5,6)7/h8-11,14,17,19H,12-13,16H2,1-7H3/t19-/m0/s1. The van der Waals surface area contributed by atoms with Crippen molar-refractivity contribution in [3.63, 3.8) is 0 Å². The summed E-state index contributed by atoms with van der Waals surface area (Å²) in [7, 11) is 0. The van der Waals surface area contributed by atoms with Crippen molar-refractivity contribution in [1.29, 1.82) is 5.26 Å². The Labute approximate surface area is 264 Å². The van der Waals surface area contributed by atoms with Crippen LogP contribution in [0.2, 0.25) is 0 Å². The number of amides is 1. The lowest BCUT2D eigenvalue weighted by Crippen LogP contribution is -2.55. The molecule has 0 N–H and O–H groups in total. The molecule has 0 unspecified atom stereocenters. The zero-order valence-corrected chi connectivity index (χ0v) is 26.7. The van der Waals surface area contributed by atoms with E-state index in [0.717, 1.165) is 12.1 Å². The average Bonchev–Trinajstić information content (AvgIpc) is 2.98. The van der Waals surface area contributed by atoms with E-state index in [0.29, 0.717) is 22.3 Å². The van der Waals surface area contributed by atoms with Gasteiger partial charge in [-0.25, -0.2) is 32.3 Å². The third-order valence-electron chi connectivity index (χ3n) is 7.73. The van der Waals surface area contributed by atoms with Crippen LogP contribution in [0.15, 0.2) is 35.3 Å². The van der Waals surface area contributed by atoms with E-state index >= 15 is 4.39 Å². The van der Waals surface area contributed by atoms with Gasteiger partial charge in [0.1, 0.15) is 17.5 Å². The molecule has 4 aromatic rings. The van der Waals surface area contributed by atoms with Crippen LogP contribution in [0.3, 0.4) is 0 Å². The molecule has 1 aliphatic heterocycles. The molecule has 1 atom stereocenters. The van der Waals surface area contributed by atoms with E-state index in [1.54, 1.807) is 44.9 Å². The van der Waals surface area contributed by atoms with Crippen LogP contribution in [0.25, 0.3) is 28.0 Å². The van der Waals surface area contributed by atoms with E-state index in [9.17, 15) is 23.6 Å². The summed E-state index contributed by atoms with van der Waals surface area (Å²) in [5.74, 6) is -4.53. The van der Waals surface area contributed by atoms with Gasteiger partial charge in [-0.15, -0.1) is 0 Å². The molecule has 0 aliphatic carbocycles. The van der Waals surface area contributed by atoms with Crippen LogP contribution in [0.5, 0.6) is 0 Å². The maximum Gasteiger partial charge on any atom is 0.410 e. The summed E-state index contributed by atoms with van der Waals surface area (Å²) in [5, 5.41) is 10.4. The number of pyridine rings is 2. The molecule has 0 radical (unpaired) electrons. The molecule has 5 rings (SSSR count). The Balaban J connectivity index is 1.78. The topological polar surface area (TPSA) is 117 Å². The molecule has 1 fully saturated rings. The molecule has 46 heavy (non-hydrogen) atoms. The van der Waals surface area contributed by atoms with Crippen molar-refractivity contribution >= 4 is 22.9 Å². The van der Waals surface area contributed by atoms with Crippen LogP contribution in [0, 0.1) is 35.7 Å². The van der Waals surface area contributed by atoms with Crippen molar-refractivity contribution in [3.8, 4) is 23.0 Å².